The molecule has 6 N–H and O–H groups in total. The number of amides is 1. The number of nitrogens with two attached hydrogens (primary N) is 1. The molecule has 0 atom stereocenters. The smallest absolute Gasteiger partial charge is 0.477 e. The number of amidine groups is 1. The molecule has 1 aliphatic rings. The number of aromatic amines is 2. The predicted molar refractivity (Wildman–Crippen MR) is 153 cm³/mol. The van der Waals surface area contributed by atoms with Gasteiger partial charge in [0.1, 0.15) is 22.5 Å². The number of H-pyrrole nitrogens is 2. The third kappa shape index (κ3) is 7.27. The molecule has 0 saturated carbocycles. The number of fused-ring (bicyclic) bond motifs is 2. The zero-order valence-corrected chi connectivity index (χ0v) is 22.1. The summed E-state index contributed by atoms with van der Waals surface area (Å²) in [6, 6.07) is 18.3. The van der Waals surface area contributed by atoms with Crippen molar-refractivity contribution >= 4 is 72.1 Å². The van der Waals surface area contributed by atoms with Gasteiger partial charge in [0.15, 0.2) is 16.9 Å². The van der Waals surface area contributed by atoms with Crippen LogP contribution in [0.2, 0.25) is 0 Å². The van der Waals surface area contributed by atoms with E-state index in [9.17, 15) is 29.8 Å². The van der Waals surface area contributed by atoms with Crippen molar-refractivity contribution in [3.63, 3.8) is 0 Å². The number of rotatable bonds is 5. The van der Waals surface area contributed by atoms with Crippen LogP contribution in [-0.4, -0.2) is 46.9 Å². The summed E-state index contributed by atoms with van der Waals surface area (Å²) < 4.78 is 0. The van der Waals surface area contributed by atoms with E-state index in [1.54, 1.807) is 12.1 Å². The molecule has 1 amide bonds. The zero-order chi connectivity index (χ0) is 29.5. The molecule has 5 aromatic rings. The first-order valence-electron chi connectivity index (χ1n) is 11.2. The number of carboxylic acid groups (broad SMARTS) is 1. The number of carboxylic acids is 1. The van der Waals surface area contributed by atoms with E-state index in [0.29, 0.717) is 5.69 Å². The molecule has 3 aromatic heterocycles. The number of anilines is 1. The predicted octanol–water partition coefficient (Wildman–Crippen LogP) is 4.58. The Hall–Kier alpha value is -5.64. The number of nitrogens with one attached hydrogen (secondary N) is 3. The summed E-state index contributed by atoms with van der Waals surface area (Å²) in [7, 11) is 0. The number of nitro groups is 2. The summed E-state index contributed by atoms with van der Waals surface area (Å²) in [5.74, 6) is -1.31. The first kappa shape index (κ1) is 28.4. The molecule has 6 rings (SSSR count). The van der Waals surface area contributed by atoms with Gasteiger partial charge in [-0.2, -0.15) is 0 Å². The third-order valence-corrected chi connectivity index (χ3v) is 6.66. The molecule has 41 heavy (non-hydrogen) atoms. The number of aromatic carboxylic acids is 1. The van der Waals surface area contributed by atoms with Crippen LogP contribution in [0.3, 0.4) is 0 Å². The minimum atomic E-state index is -0.925. The molecule has 17 heteroatoms. The van der Waals surface area contributed by atoms with Gasteiger partial charge in [-0.1, -0.05) is 36.4 Å². The molecule has 2 aromatic carbocycles. The van der Waals surface area contributed by atoms with Gasteiger partial charge in [0.05, 0.1) is 4.92 Å². The fraction of sp³-hybridized carbons (Fsp3) is 0. The van der Waals surface area contributed by atoms with Gasteiger partial charge in [-0.15, -0.1) is 0 Å². The molecule has 0 bridgehead atoms. The molecule has 0 spiro atoms. The number of carbonyl (C=O) groups excluding carboxylic acids is 1. The van der Waals surface area contributed by atoms with Gasteiger partial charge in [-0.3, -0.25) is 30.3 Å². The number of carbonyl (C=O) groups is 2. The fourth-order valence-corrected chi connectivity index (χ4v) is 4.36. The number of thiazole rings is 1. The topological polar surface area (TPSA) is 236 Å². The van der Waals surface area contributed by atoms with Crippen molar-refractivity contribution in [1.82, 2.24) is 15.0 Å². The van der Waals surface area contributed by atoms with Gasteiger partial charge >= 0.3 is 27.4 Å². The Morgan fingerprint density at radius 2 is 1.54 bits per heavy atom. The van der Waals surface area contributed by atoms with Crippen LogP contribution in [0.1, 0.15) is 21.0 Å². The summed E-state index contributed by atoms with van der Waals surface area (Å²) >= 11 is 1.62. The largest absolute Gasteiger partial charge is 0.492 e. The highest BCUT2D eigenvalue weighted by atomic mass is 32.2. The lowest BCUT2D eigenvalue weighted by molar-refractivity contribution is -0.411. The van der Waals surface area contributed by atoms with Crippen molar-refractivity contribution in [3.05, 3.63) is 110 Å². The number of para-hydroxylation sites is 2. The Morgan fingerprint density at radius 3 is 2.00 bits per heavy atom. The molecule has 4 heterocycles. The average molecular weight is 594 g/mol. The van der Waals surface area contributed by atoms with Crippen molar-refractivity contribution in [3.8, 4) is 0 Å². The van der Waals surface area contributed by atoms with Crippen molar-refractivity contribution in [2.24, 2.45) is 10.7 Å². The minimum absolute atomic E-state index is 0.114. The van der Waals surface area contributed by atoms with E-state index in [1.807, 2.05) is 48.5 Å². The molecule has 0 radical (unpaired) electrons. The van der Waals surface area contributed by atoms with E-state index in [1.165, 1.54) is 0 Å². The fourth-order valence-electron chi connectivity index (χ4n) is 3.28. The second-order valence-corrected chi connectivity index (χ2v) is 9.80. The number of hydrogen-bond acceptors (Lipinski definition) is 11. The standard InChI is InChI=1S/C12H8N4O3S.C9H7NO2.C3H2N3O2S/c17-11(15-12-13-6-10(20-12)16(18)19)9-5-7-3-1-2-4-8(7)14-9;11-9(12)8-5-6-3-1-2-4-7(6)10-8;4-3-5-1-2(9-3)6(7)8/h1-6,14H,(H,13,15,17);1-5,10H,(H,11,12);(H2,4,5)/q;;+1. The number of hydrogen-bond donors (Lipinski definition) is 5. The number of nitrogens with zero attached hydrogens (tertiary/aromatic N) is 4. The summed E-state index contributed by atoms with van der Waals surface area (Å²) in [4.78, 5) is 54.8. The molecule has 206 valence electrons. The van der Waals surface area contributed by atoms with Crippen LogP contribution >= 0.6 is 23.1 Å². The maximum absolute atomic E-state index is 12.0. The molecule has 0 aliphatic carbocycles. The van der Waals surface area contributed by atoms with Crippen molar-refractivity contribution in [1.29, 1.82) is 0 Å². The molecule has 0 saturated heterocycles. The van der Waals surface area contributed by atoms with E-state index in [0.717, 1.165) is 51.1 Å². The Labute approximate surface area is 237 Å². The van der Waals surface area contributed by atoms with Crippen LogP contribution in [0.4, 0.5) is 10.1 Å². The maximum atomic E-state index is 12.0. The van der Waals surface area contributed by atoms with Gasteiger partial charge in [0, 0.05) is 26.8 Å². The normalized spacial score (nSPS) is 11.7. The molecule has 0 fully saturated rings. The summed E-state index contributed by atoms with van der Waals surface area (Å²) in [6.45, 7) is 0. The number of thioether (sulfide) groups is 1. The van der Waals surface area contributed by atoms with E-state index in [-0.39, 0.29) is 31.9 Å². The van der Waals surface area contributed by atoms with Gasteiger partial charge in [-0.25, -0.2) is 9.78 Å². The van der Waals surface area contributed by atoms with E-state index in [4.69, 9.17) is 10.8 Å². The highest BCUT2D eigenvalue weighted by Gasteiger charge is 2.32. The molecular formula is C24H17N8O7S2+. The maximum Gasteiger partial charge on any atom is 0.492 e. The molecule has 1 aliphatic heterocycles. The number of aliphatic imine (C=N–C) groups is 1. The van der Waals surface area contributed by atoms with E-state index >= 15 is 0 Å². The average Bonchev–Trinajstić information content (AvgIpc) is 3.74. The monoisotopic (exact) mass is 593 g/mol. The second-order valence-electron chi connectivity index (χ2n) is 7.79. The van der Waals surface area contributed by atoms with E-state index < -0.39 is 15.8 Å². The van der Waals surface area contributed by atoms with Crippen LogP contribution in [0.15, 0.2) is 76.9 Å². The van der Waals surface area contributed by atoms with Crippen LogP contribution < -0.4 is 11.1 Å². The first-order valence-corrected chi connectivity index (χ1v) is 12.8. The molecule has 15 nitrogen and oxygen atoms in total. The van der Waals surface area contributed by atoms with Crippen molar-refractivity contribution < 1.29 is 24.5 Å². The highest BCUT2D eigenvalue weighted by Crippen LogP contribution is 2.25. The first-order chi connectivity index (χ1) is 19.6. The Morgan fingerprint density at radius 1 is 0.951 bits per heavy atom. The molecular weight excluding hydrogens is 576 g/mol. The van der Waals surface area contributed by atoms with Crippen LogP contribution in [0, 0.1) is 26.4 Å². The van der Waals surface area contributed by atoms with Crippen molar-refractivity contribution in [2.75, 3.05) is 5.32 Å². The van der Waals surface area contributed by atoms with Crippen molar-refractivity contribution in [2.45, 2.75) is 0 Å². The second kappa shape index (κ2) is 12.5. The van der Waals surface area contributed by atoms with E-state index in [2.05, 4.69) is 31.5 Å². The Bertz CT molecular complexity index is 1770. The van der Waals surface area contributed by atoms with Gasteiger partial charge in [-0.05, 0) is 35.6 Å². The van der Waals surface area contributed by atoms with Crippen LogP contribution in [-0.2, 0) is 0 Å². The summed E-state index contributed by atoms with van der Waals surface area (Å²) in [5.41, 5.74) is 7.41. The third-order valence-electron chi connectivity index (χ3n) is 5.06. The minimum Gasteiger partial charge on any atom is -0.477 e. The number of aromatic nitrogens is 3. The van der Waals surface area contributed by atoms with Gasteiger partial charge in [0.2, 0.25) is 0 Å². The summed E-state index contributed by atoms with van der Waals surface area (Å²) in [6.07, 6.45) is 3.27. The zero-order valence-electron chi connectivity index (χ0n) is 20.4. The lowest BCUT2D eigenvalue weighted by atomic mass is 10.2. The Balaban J connectivity index is 0.000000156. The number of benzene rings is 2. The van der Waals surface area contributed by atoms with Crippen LogP contribution in [0.25, 0.3) is 21.8 Å². The SMILES string of the molecule is NC1=N[C+]=C([N+](=O)[O-])S1.O=C(Nc1ncc([N+](=O)[O-])s1)c1cc2ccccc2[nH]1.O=C(O)c1cc2ccccc2[nH]1. The van der Waals surface area contributed by atoms with Gasteiger partial charge < -0.3 is 20.8 Å². The lowest BCUT2D eigenvalue weighted by Gasteiger charge is -1.97. The summed E-state index contributed by atoms with van der Waals surface area (Å²) in [5, 5.41) is 33.6. The quantitative estimate of drug-likeness (QED) is 0.108. The lowest BCUT2D eigenvalue weighted by Crippen LogP contribution is -2.11. The highest BCUT2D eigenvalue weighted by molar-refractivity contribution is 8.17. The molecule has 0 unspecified atom stereocenters. The van der Waals surface area contributed by atoms with Crippen LogP contribution in [0.5, 0.6) is 0 Å². The Kier molecular flexibility index (Phi) is 8.63. The van der Waals surface area contributed by atoms with Gasteiger partial charge in [0.25, 0.3) is 5.91 Å².